The van der Waals surface area contributed by atoms with Gasteiger partial charge in [-0.1, -0.05) is 13.8 Å². The minimum absolute atomic E-state index is 0.269. The van der Waals surface area contributed by atoms with Crippen molar-refractivity contribution < 1.29 is 4.74 Å². The molecule has 0 rings (SSSR count). The summed E-state index contributed by atoms with van der Waals surface area (Å²) >= 11 is 8.97. The summed E-state index contributed by atoms with van der Waals surface area (Å²) in [7, 11) is 0. The summed E-state index contributed by atoms with van der Waals surface area (Å²) in [5.41, 5.74) is 0. The van der Waals surface area contributed by atoms with Crippen LogP contribution < -0.4 is 0 Å². The Balaban J connectivity index is 4.17. The van der Waals surface area contributed by atoms with Crippen molar-refractivity contribution in [2.24, 2.45) is 9.98 Å². The van der Waals surface area contributed by atoms with Crippen molar-refractivity contribution in [2.45, 2.75) is 39.1 Å². The molecule has 0 aromatic rings. The number of hydrogen-bond acceptors (Lipinski definition) is 5. The maximum Gasteiger partial charge on any atom is 0.160 e. The highest BCUT2D eigenvalue weighted by Crippen LogP contribution is 2.07. The molecule has 0 aliphatic carbocycles. The third-order valence-corrected chi connectivity index (χ3v) is 1.62. The van der Waals surface area contributed by atoms with Crippen LogP contribution in [0.2, 0.25) is 0 Å². The lowest BCUT2D eigenvalue weighted by atomic mass is 10.4. The zero-order valence-electron chi connectivity index (χ0n) is 7.69. The van der Waals surface area contributed by atoms with Gasteiger partial charge < -0.3 is 4.74 Å². The standard InChI is InChI=1S/C8H12N2OS2/c1-3-7(9-5-12)11-8(4-2)10-6-13/h7-8H,3-4H2,1-2H3. The molecule has 0 radical (unpaired) electrons. The average Bonchev–Trinajstić information content (AvgIpc) is 2.16. The van der Waals surface area contributed by atoms with Gasteiger partial charge in [0.05, 0.1) is 10.3 Å². The predicted octanol–water partition coefficient (Wildman–Crippen LogP) is 2.68. The first-order chi connectivity index (χ1) is 6.28. The van der Waals surface area contributed by atoms with E-state index in [1.807, 2.05) is 13.8 Å². The van der Waals surface area contributed by atoms with Crippen LogP contribution in [-0.4, -0.2) is 22.8 Å². The lowest BCUT2D eigenvalue weighted by Gasteiger charge is -2.14. The van der Waals surface area contributed by atoms with E-state index >= 15 is 0 Å². The molecule has 0 aromatic carbocycles. The van der Waals surface area contributed by atoms with Crippen LogP contribution in [0.15, 0.2) is 9.98 Å². The molecule has 2 atom stereocenters. The predicted molar refractivity (Wildman–Crippen MR) is 59.3 cm³/mol. The Labute approximate surface area is 88.9 Å². The van der Waals surface area contributed by atoms with Gasteiger partial charge in [-0.15, -0.1) is 0 Å². The summed E-state index contributed by atoms with van der Waals surface area (Å²) in [5, 5.41) is 4.57. The van der Waals surface area contributed by atoms with Gasteiger partial charge in [-0.05, 0) is 37.3 Å². The molecular formula is C8H12N2OS2. The van der Waals surface area contributed by atoms with Crippen LogP contribution >= 0.6 is 24.4 Å². The van der Waals surface area contributed by atoms with E-state index in [-0.39, 0.29) is 12.5 Å². The Kier molecular flexibility index (Phi) is 7.90. The Hall–Kier alpha value is -0.440. The number of aliphatic imine (C=N–C) groups is 2. The van der Waals surface area contributed by atoms with E-state index in [4.69, 9.17) is 4.74 Å². The van der Waals surface area contributed by atoms with Crippen LogP contribution in [0, 0.1) is 0 Å². The van der Waals surface area contributed by atoms with Crippen LogP contribution in [0.4, 0.5) is 0 Å². The monoisotopic (exact) mass is 216 g/mol. The maximum atomic E-state index is 5.44. The molecular weight excluding hydrogens is 204 g/mol. The summed E-state index contributed by atoms with van der Waals surface area (Å²) < 4.78 is 5.44. The maximum absolute atomic E-state index is 5.44. The van der Waals surface area contributed by atoms with Crippen LogP contribution in [0.1, 0.15) is 26.7 Å². The van der Waals surface area contributed by atoms with Crippen molar-refractivity contribution >= 4 is 34.8 Å². The lowest BCUT2D eigenvalue weighted by molar-refractivity contribution is -0.00454. The second kappa shape index (κ2) is 8.17. The van der Waals surface area contributed by atoms with Crippen molar-refractivity contribution in [3.63, 3.8) is 0 Å². The second-order valence-electron chi connectivity index (χ2n) is 2.30. The van der Waals surface area contributed by atoms with Crippen LogP contribution in [0.25, 0.3) is 0 Å². The number of thiocarbonyl (C=S) groups is 2. The zero-order chi connectivity index (χ0) is 10.1. The molecule has 0 fully saturated rings. The van der Waals surface area contributed by atoms with Gasteiger partial charge in [0, 0.05) is 0 Å². The first-order valence-corrected chi connectivity index (χ1v) is 4.89. The van der Waals surface area contributed by atoms with Crippen LogP contribution in [0.3, 0.4) is 0 Å². The van der Waals surface area contributed by atoms with Gasteiger partial charge in [0.2, 0.25) is 0 Å². The molecule has 0 aliphatic rings. The highest BCUT2D eigenvalue weighted by molar-refractivity contribution is 7.78. The number of ether oxygens (including phenoxy) is 1. The highest BCUT2D eigenvalue weighted by Gasteiger charge is 2.10. The zero-order valence-corrected chi connectivity index (χ0v) is 9.32. The second-order valence-corrected chi connectivity index (χ2v) is 2.67. The van der Waals surface area contributed by atoms with Gasteiger partial charge in [0.15, 0.2) is 12.5 Å². The third-order valence-electron chi connectivity index (χ3n) is 1.41. The number of rotatable bonds is 6. The van der Waals surface area contributed by atoms with Gasteiger partial charge >= 0.3 is 0 Å². The molecule has 0 bridgehead atoms. The van der Waals surface area contributed by atoms with E-state index in [1.54, 1.807) is 0 Å². The van der Waals surface area contributed by atoms with Gasteiger partial charge in [-0.3, -0.25) is 0 Å². The molecule has 2 unspecified atom stereocenters. The summed E-state index contributed by atoms with van der Waals surface area (Å²) in [6.45, 7) is 3.91. The number of hydrogen-bond donors (Lipinski definition) is 0. The summed E-state index contributed by atoms with van der Waals surface area (Å²) in [6.07, 6.45) is 0.948. The van der Waals surface area contributed by atoms with Gasteiger partial charge in [-0.25, -0.2) is 9.98 Å². The van der Waals surface area contributed by atoms with Crippen molar-refractivity contribution in [3.05, 3.63) is 0 Å². The molecule has 5 heteroatoms. The smallest absolute Gasteiger partial charge is 0.160 e. The minimum Gasteiger partial charge on any atom is -0.330 e. The molecule has 3 nitrogen and oxygen atoms in total. The molecule has 0 saturated carbocycles. The lowest BCUT2D eigenvalue weighted by Crippen LogP contribution is -2.17. The topological polar surface area (TPSA) is 34.0 Å². The van der Waals surface area contributed by atoms with E-state index in [9.17, 15) is 0 Å². The van der Waals surface area contributed by atoms with Gasteiger partial charge in [-0.2, -0.15) is 0 Å². The number of isothiocyanates is 2. The fourth-order valence-corrected chi connectivity index (χ4v) is 0.970. The first-order valence-electron chi connectivity index (χ1n) is 4.07. The Morgan fingerprint density at radius 3 is 1.69 bits per heavy atom. The van der Waals surface area contributed by atoms with Gasteiger partial charge in [0.25, 0.3) is 0 Å². The van der Waals surface area contributed by atoms with Crippen molar-refractivity contribution in [1.82, 2.24) is 0 Å². The summed E-state index contributed by atoms with van der Waals surface area (Å²) in [4.78, 5) is 7.67. The molecule has 0 aliphatic heterocycles. The quantitative estimate of drug-likeness (QED) is 0.505. The SMILES string of the molecule is CCC(N=C=S)OC(CC)N=C=S. The number of nitrogens with zero attached hydrogens (tertiary/aromatic N) is 2. The summed E-state index contributed by atoms with van der Waals surface area (Å²) in [6, 6.07) is 0. The average molecular weight is 216 g/mol. The van der Waals surface area contributed by atoms with E-state index < -0.39 is 0 Å². The molecule has 72 valence electrons. The minimum atomic E-state index is -0.269. The summed E-state index contributed by atoms with van der Waals surface area (Å²) in [5.74, 6) is 0. The molecule has 0 aromatic heterocycles. The highest BCUT2D eigenvalue weighted by atomic mass is 32.1. The molecule has 0 amide bonds. The molecule has 13 heavy (non-hydrogen) atoms. The largest absolute Gasteiger partial charge is 0.330 e. The fourth-order valence-electron chi connectivity index (χ4n) is 0.735. The Morgan fingerprint density at radius 2 is 1.46 bits per heavy atom. The molecule has 0 N–H and O–H groups in total. The fraction of sp³-hybridized carbons (Fsp3) is 0.750. The van der Waals surface area contributed by atoms with Crippen molar-refractivity contribution in [3.8, 4) is 0 Å². The van der Waals surface area contributed by atoms with Crippen molar-refractivity contribution in [2.75, 3.05) is 0 Å². The molecule has 0 spiro atoms. The normalized spacial score (nSPS) is 13.7. The molecule has 0 saturated heterocycles. The van der Waals surface area contributed by atoms with Crippen LogP contribution in [0.5, 0.6) is 0 Å². The Morgan fingerprint density at radius 1 is 1.08 bits per heavy atom. The molecule has 0 heterocycles. The Bertz CT molecular complexity index is 208. The van der Waals surface area contributed by atoms with E-state index in [2.05, 4.69) is 44.7 Å². The third kappa shape index (κ3) is 5.75. The van der Waals surface area contributed by atoms with Crippen LogP contribution in [-0.2, 0) is 4.74 Å². The van der Waals surface area contributed by atoms with Crippen molar-refractivity contribution in [1.29, 1.82) is 0 Å². The van der Waals surface area contributed by atoms with E-state index in [1.165, 1.54) is 0 Å². The van der Waals surface area contributed by atoms with E-state index in [0.29, 0.717) is 0 Å². The van der Waals surface area contributed by atoms with Gasteiger partial charge in [0.1, 0.15) is 0 Å². The first kappa shape index (κ1) is 12.6. The van der Waals surface area contributed by atoms with E-state index in [0.717, 1.165) is 12.8 Å².